The minimum atomic E-state index is -0.137. The van der Waals surface area contributed by atoms with Crippen molar-refractivity contribution in [1.82, 2.24) is 5.32 Å². The quantitative estimate of drug-likeness (QED) is 0.745. The van der Waals surface area contributed by atoms with Crippen molar-refractivity contribution in [3.05, 3.63) is 58.1 Å². The molecule has 2 aromatic rings. The second-order valence-electron chi connectivity index (χ2n) is 5.04. The number of carbonyl (C=O) groups is 1. The molecule has 0 aromatic heterocycles. The monoisotopic (exact) mass is 377 g/mol. The summed E-state index contributed by atoms with van der Waals surface area (Å²) in [4.78, 5) is 12.3. The Bertz CT molecular complexity index is 634. The van der Waals surface area contributed by atoms with Crippen LogP contribution in [0.1, 0.15) is 22.3 Å². The average molecular weight is 378 g/mol. The smallest absolute Gasteiger partial charge is 0.251 e. The average Bonchev–Trinajstić information content (AvgIpc) is 2.59. The normalized spacial score (nSPS) is 10.2. The van der Waals surface area contributed by atoms with Crippen LogP contribution in [0.2, 0.25) is 0 Å². The predicted octanol–water partition coefficient (Wildman–Crippen LogP) is 3.83. The van der Waals surface area contributed by atoms with E-state index in [1.807, 2.05) is 18.2 Å². The molecule has 0 saturated carbocycles. The summed E-state index contributed by atoms with van der Waals surface area (Å²) in [5.74, 6) is 1.000. The fourth-order valence-corrected chi connectivity index (χ4v) is 2.79. The highest BCUT2D eigenvalue weighted by Crippen LogP contribution is 2.35. The highest BCUT2D eigenvalue weighted by Gasteiger charge is 2.14. The number of amides is 1. The standard InChI is InChI=1S/C18H20BrNO3/c1-22-15-11-14(12-16(23-2)17(15)19)18(21)20-10-6-9-13-7-4-3-5-8-13/h3-5,7-8,11-12H,6,9-10H2,1-2H3,(H,20,21). The zero-order valence-corrected chi connectivity index (χ0v) is 14.9. The number of methoxy groups -OCH3 is 2. The number of carbonyl (C=O) groups excluding carboxylic acids is 1. The summed E-state index contributed by atoms with van der Waals surface area (Å²) in [6, 6.07) is 13.6. The number of hydrogen-bond acceptors (Lipinski definition) is 3. The van der Waals surface area contributed by atoms with Gasteiger partial charge in [-0.3, -0.25) is 4.79 Å². The van der Waals surface area contributed by atoms with Gasteiger partial charge in [-0.25, -0.2) is 0 Å². The van der Waals surface area contributed by atoms with Crippen LogP contribution in [0.4, 0.5) is 0 Å². The molecule has 1 N–H and O–H groups in total. The van der Waals surface area contributed by atoms with E-state index in [0.717, 1.165) is 12.8 Å². The van der Waals surface area contributed by atoms with Crippen LogP contribution < -0.4 is 14.8 Å². The Labute approximate surface area is 144 Å². The second-order valence-corrected chi connectivity index (χ2v) is 5.83. The maximum Gasteiger partial charge on any atom is 0.251 e. The molecule has 0 heterocycles. The van der Waals surface area contributed by atoms with Gasteiger partial charge >= 0.3 is 0 Å². The molecule has 0 aliphatic carbocycles. The largest absolute Gasteiger partial charge is 0.495 e. The molecule has 4 nitrogen and oxygen atoms in total. The summed E-state index contributed by atoms with van der Waals surface area (Å²) >= 11 is 3.39. The van der Waals surface area contributed by atoms with Crippen molar-refractivity contribution in [1.29, 1.82) is 0 Å². The number of ether oxygens (including phenoxy) is 2. The van der Waals surface area contributed by atoms with Crippen LogP contribution in [0.15, 0.2) is 46.9 Å². The summed E-state index contributed by atoms with van der Waals surface area (Å²) in [5, 5.41) is 2.93. The first kappa shape index (κ1) is 17.3. The predicted molar refractivity (Wildman–Crippen MR) is 94.3 cm³/mol. The van der Waals surface area contributed by atoms with Gasteiger partial charge in [-0.05, 0) is 46.5 Å². The molecule has 0 aliphatic rings. The lowest BCUT2D eigenvalue weighted by Crippen LogP contribution is -2.24. The van der Waals surface area contributed by atoms with E-state index < -0.39 is 0 Å². The Kier molecular flexibility index (Phi) is 6.47. The molecule has 0 fully saturated rings. The van der Waals surface area contributed by atoms with Gasteiger partial charge in [0.05, 0.1) is 14.2 Å². The maximum absolute atomic E-state index is 12.3. The third-order valence-electron chi connectivity index (χ3n) is 3.48. The molecule has 5 heteroatoms. The lowest BCUT2D eigenvalue weighted by molar-refractivity contribution is 0.0952. The Balaban J connectivity index is 1.93. The van der Waals surface area contributed by atoms with Gasteiger partial charge in [-0.2, -0.15) is 0 Å². The molecule has 2 rings (SSSR count). The first-order valence-corrected chi connectivity index (χ1v) is 8.18. The van der Waals surface area contributed by atoms with Crippen LogP contribution in [0.3, 0.4) is 0 Å². The summed E-state index contributed by atoms with van der Waals surface area (Å²) in [7, 11) is 3.11. The van der Waals surface area contributed by atoms with Crippen LogP contribution in [0.5, 0.6) is 11.5 Å². The van der Waals surface area contributed by atoms with E-state index in [-0.39, 0.29) is 5.91 Å². The summed E-state index contributed by atoms with van der Waals surface area (Å²) in [6.07, 6.45) is 1.83. The topological polar surface area (TPSA) is 47.6 Å². The number of nitrogens with one attached hydrogen (secondary N) is 1. The fraction of sp³-hybridized carbons (Fsp3) is 0.278. The first-order chi connectivity index (χ1) is 11.2. The van der Waals surface area contributed by atoms with Gasteiger partial charge in [-0.15, -0.1) is 0 Å². The van der Waals surface area contributed by atoms with Crippen LogP contribution in [0, 0.1) is 0 Å². The number of rotatable bonds is 7. The summed E-state index contributed by atoms with van der Waals surface area (Å²) < 4.78 is 11.2. The van der Waals surface area contributed by atoms with E-state index in [0.29, 0.717) is 28.1 Å². The molecule has 0 saturated heterocycles. The third-order valence-corrected chi connectivity index (χ3v) is 4.26. The number of hydrogen-bond donors (Lipinski definition) is 1. The van der Waals surface area contributed by atoms with Crippen molar-refractivity contribution >= 4 is 21.8 Å². The Morgan fingerprint density at radius 2 is 1.70 bits per heavy atom. The van der Waals surface area contributed by atoms with E-state index in [4.69, 9.17) is 9.47 Å². The maximum atomic E-state index is 12.3. The van der Waals surface area contributed by atoms with Gasteiger partial charge in [0.15, 0.2) is 0 Å². The molecule has 0 atom stereocenters. The van der Waals surface area contributed by atoms with Crippen molar-refractivity contribution in [2.75, 3.05) is 20.8 Å². The second kappa shape index (κ2) is 8.58. The molecule has 1 amide bonds. The lowest BCUT2D eigenvalue weighted by atomic mass is 10.1. The van der Waals surface area contributed by atoms with E-state index in [2.05, 4.69) is 33.4 Å². The molecule has 122 valence electrons. The number of halogens is 1. The van der Waals surface area contributed by atoms with Crippen molar-refractivity contribution < 1.29 is 14.3 Å². The Morgan fingerprint density at radius 3 is 2.26 bits per heavy atom. The molecular weight excluding hydrogens is 358 g/mol. The SMILES string of the molecule is COc1cc(C(=O)NCCCc2ccccc2)cc(OC)c1Br. The molecule has 0 aliphatic heterocycles. The zero-order valence-electron chi connectivity index (χ0n) is 13.3. The van der Waals surface area contributed by atoms with Gasteiger partial charge in [0.1, 0.15) is 16.0 Å². The van der Waals surface area contributed by atoms with E-state index in [1.54, 1.807) is 26.4 Å². The minimum absolute atomic E-state index is 0.137. The third kappa shape index (κ3) is 4.73. The number of benzene rings is 2. The first-order valence-electron chi connectivity index (χ1n) is 7.39. The molecule has 0 spiro atoms. The van der Waals surface area contributed by atoms with Gasteiger partial charge in [0.25, 0.3) is 5.91 Å². The van der Waals surface area contributed by atoms with Crippen molar-refractivity contribution in [2.45, 2.75) is 12.8 Å². The molecule has 0 unspecified atom stereocenters. The zero-order chi connectivity index (χ0) is 16.7. The van der Waals surface area contributed by atoms with Crippen LogP contribution in [-0.4, -0.2) is 26.7 Å². The molecule has 2 aromatic carbocycles. The fourth-order valence-electron chi connectivity index (χ4n) is 2.24. The van der Waals surface area contributed by atoms with Crippen molar-refractivity contribution in [2.24, 2.45) is 0 Å². The van der Waals surface area contributed by atoms with Crippen LogP contribution >= 0.6 is 15.9 Å². The molecule has 0 radical (unpaired) electrons. The summed E-state index contributed by atoms with van der Waals surface area (Å²) in [5.41, 5.74) is 1.79. The Morgan fingerprint density at radius 1 is 1.09 bits per heavy atom. The van der Waals surface area contributed by atoms with Gasteiger partial charge < -0.3 is 14.8 Å². The van der Waals surface area contributed by atoms with Crippen molar-refractivity contribution in [3.8, 4) is 11.5 Å². The van der Waals surface area contributed by atoms with Crippen LogP contribution in [-0.2, 0) is 6.42 Å². The Hall–Kier alpha value is -2.01. The molecular formula is C18H20BrNO3. The minimum Gasteiger partial charge on any atom is -0.495 e. The highest BCUT2D eigenvalue weighted by atomic mass is 79.9. The molecule has 23 heavy (non-hydrogen) atoms. The van der Waals surface area contributed by atoms with E-state index >= 15 is 0 Å². The lowest BCUT2D eigenvalue weighted by Gasteiger charge is -2.11. The van der Waals surface area contributed by atoms with Gasteiger partial charge in [0.2, 0.25) is 0 Å². The van der Waals surface area contributed by atoms with E-state index in [9.17, 15) is 4.79 Å². The van der Waals surface area contributed by atoms with Gasteiger partial charge in [-0.1, -0.05) is 30.3 Å². The van der Waals surface area contributed by atoms with Crippen molar-refractivity contribution in [3.63, 3.8) is 0 Å². The number of aryl methyl sites for hydroxylation is 1. The highest BCUT2D eigenvalue weighted by molar-refractivity contribution is 9.10. The van der Waals surface area contributed by atoms with Crippen LogP contribution in [0.25, 0.3) is 0 Å². The molecule has 0 bridgehead atoms. The van der Waals surface area contributed by atoms with Gasteiger partial charge in [0, 0.05) is 12.1 Å². The van der Waals surface area contributed by atoms with E-state index in [1.165, 1.54) is 5.56 Å². The summed E-state index contributed by atoms with van der Waals surface area (Å²) in [6.45, 7) is 0.619.